The summed E-state index contributed by atoms with van der Waals surface area (Å²) in [5.41, 5.74) is -1.07. The molecule has 1 atom stereocenters. The van der Waals surface area contributed by atoms with Gasteiger partial charge in [-0.3, -0.25) is 24.3 Å². The van der Waals surface area contributed by atoms with Crippen LogP contribution in [0.4, 0.5) is 10.1 Å². The van der Waals surface area contributed by atoms with E-state index in [0.29, 0.717) is 5.56 Å². The molecule has 0 fully saturated rings. The Balaban J connectivity index is 1.89. The molecule has 10 heteroatoms. The van der Waals surface area contributed by atoms with Crippen LogP contribution in [-0.2, 0) is 11.3 Å². The number of pyridine rings is 1. The first-order valence-electron chi connectivity index (χ1n) is 8.26. The molecular formula is C19H13FN4O4S. The fraction of sp³-hybridized carbons (Fsp3) is 0.105. The largest absolute Gasteiger partial charge is 0.343 e. The number of hydrogen-bond acceptors (Lipinski definition) is 6. The van der Waals surface area contributed by atoms with E-state index in [-0.39, 0.29) is 0 Å². The maximum Gasteiger partial charge on any atom is 0.287 e. The molecule has 1 aromatic carbocycles. The molecule has 8 nitrogen and oxygen atoms in total. The third-order valence-electron chi connectivity index (χ3n) is 4.05. The van der Waals surface area contributed by atoms with Crippen molar-refractivity contribution in [1.29, 1.82) is 5.26 Å². The zero-order valence-electron chi connectivity index (χ0n) is 14.7. The zero-order valence-corrected chi connectivity index (χ0v) is 15.6. The van der Waals surface area contributed by atoms with Crippen LogP contribution in [0.1, 0.15) is 22.0 Å². The van der Waals surface area contributed by atoms with Crippen LogP contribution in [0.2, 0.25) is 0 Å². The summed E-state index contributed by atoms with van der Waals surface area (Å²) in [6.07, 6.45) is 0.917. The molecule has 29 heavy (non-hydrogen) atoms. The lowest BCUT2D eigenvalue weighted by Crippen LogP contribution is -2.35. The third kappa shape index (κ3) is 4.53. The van der Waals surface area contributed by atoms with Crippen LogP contribution in [-0.4, -0.2) is 15.4 Å². The maximum absolute atomic E-state index is 13.3. The zero-order chi connectivity index (χ0) is 21.0. The predicted octanol–water partition coefficient (Wildman–Crippen LogP) is 2.73. The molecule has 0 saturated carbocycles. The monoisotopic (exact) mass is 412 g/mol. The van der Waals surface area contributed by atoms with Crippen LogP contribution in [0.15, 0.2) is 58.8 Å². The summed E-state index contributed by atoms with van der Waals surface area (Å²) in [6.45, 7) is -0.516. The van der Waals surface area contributed by atoms with Gasteiger partial charge in [0, 0.05) is 10.9 Å². The predicted molar refractivity (Wildman–Crippen MR) is 103 cm³/mol. The fourth-order valence-electron chi connectivity index (χ4n) is 2.71. The Kier molecular flexibility index (Phi) is 5.80. The Morgan fingerprint density at radius 1 is 1.34 bits per heavy atom. The highest BCUT2D eigenvalue weighted by Gasteiger charge is 2.20. The van der Waals surface area contributed by atoms with Gasteiger partial charge in [-0.15, -0.1) is 11.3 Å². The molecule has 1 amide bonds. The number of nitro groups is 1. The third-order valence-corrected chi connectivity index (χ3v) is 4.99. The van der Waals surface area contributed by atoms with Gasteiger partial charge in [0.25, 0.3) is 11.2 Å². The number of nitriles is 1. The number of thiophene rings is 1. The van der Waals surface area contributed by atoms with Gasteiger partial charge in [-0.25, -0.2) is 4.39 Å². The van der Waals surface area contributed by atoms with E-state index >= 15 is 0 Å². The average Bonchev–Trinajstić information content (AvgIpc) is 3.23. The minimum absolute atomic E-state index is 0.419. The topological polar surface area (TPSA) is 118 Å². The van der Waals surface area contributed by atoms with Crippen LogP contribution < -0.4 is 10.9 Å². The number of carbonyl (C=O) groups excluding carboxylic acids is 1. The van der Waals surface area contributed by atoms with E-state index in [1.165, 1.54) is 35.6 Å². The number of halogens is 1. The van der Waals surface area contributed by atoms with Crippen molar-refractivity contribution < 1.29 is 14.1 Å². The van der Waals surface area contributed by atoms with Crippen LogP contribution in [0.3, 0.4) is 0 Å². The standard InChI is InChI=1S/C19H13FN4O4S/c20-14-5-3-12(4-6-14)18(16-2-1-7-29-16)22-17(25)11-23-10-15(24(27)28)8-13(9-21)19(23)26/h1-8,10,18H,11H2,(H,22,25)/t18-/m1/s1. The van der Waals surface area contributed by atoms with Crippen molar-refractivity contribution in [2.24, 2.45) is 0 Å². The van der Waals surface area contributed by atoms with Crippen LogP contribution in [0.5, 0.6) is 0 Å². The summed E-state index contributed by atoms with van der Waals surface area (Å²) in [5, 5.41) is 24.6. The molecular weight excluding hydrogens is 399 g/mol. The van der Waals surface area contributed by atoms with Gasteiger partial charge in [0.2, 0.25) is 5.91 Å². The second-order valence-electron chi connectivity index (χ2n) is 5.98. The minimum atomic E-state index is -0.803. The van der Waals surface area contributed by atoms with Crippen molar-refractivity contribution in [3.05, 3.63) is 96.3 Å². The summed E-state index contributed by atoms with van der Waals surface area (Å²) in [4.78, 5) is 35.9. The van der Waals surface area contributed by atoms with Crippen molar-refractivity contribution in [1.82, 2.24) is 9.88 Å². The van der Waals surface area contributed by atoms with Crippen LogP contribution in [0.25, 0.3) is 0 Å². The van der Waals surface area contributed by atoms with E-state index in [0.717, 1.165) is 21.7 Å². The summed E-state index contributed by atoms with van der Waals surface area (Å²) >= 11 is 1.38. The normalized spacial score (nSPS) is 11.4. The first-order chi connectivity index (χ1) is 13.9. The fourth-order valence-corrected chi connectivity index (χ4v) is 3.51. The number of aromatic nitrogens is 1. The number of nitrogens with one attached hydrogen (secondary N) is 1. The van der Waals surface area contributed by atoms with Gasteiger partial charge in [-0.2, -0.15) is 5.26 Å². The Hall–Kier alpha value is -3.84. The lowest BCUT2D eigenvalue weighted by Gasteiger charge is -2.18. The van der Waals surface area contributed by atoms with Gasteiger partial charge in [-0.05, 0) is 29.1 Å². The van der Waals surface area contributed by atoms with E-state index in [1.807, 2.05) is 5.38 Å². The van der Waals surface area contributed by atoms with E-state index in [2.05, 4.69) is 5.32 Å². The van der Waals surface area contributed by atoms with E-state index in [9.17, 15) is 24.1 Å². The number of nitrogens with zero attached hydrogens (tertiary/aromatic N) is 3. The second kappa shape index (κ2) is 8.45. The quantitative estimate of drug-likeness (QED) is 0.493. The van der Waals surface area contributed by atoms with Gasteiger partial charge in [0.15, 0.2) is 0 Å². The Labute approximate surface area is 167 Å². The molecule has 0 radical (unpaired) electrons. The highest BCUT2D eigenvalue weighted by Crippen LogP contribution is 2.26. The van der Waals surface area contributed by atoms with Crippen molar-refractivity contribution in [2.45, 2.75) is 12.6 Å². The number of rotatable bonds is 6. The summed E-state index contributed by atoms with van der Waals surface area (Å²) in [6, 6.07) is 11.1. The lowest BCUT2D eigenvalue weighted by atomic mass is 10.1. The van der Waals surface area contributed by atoms with Gasteiger partial charge in [0.05, 0.1) is 17.2 Å². The summed E-state index contributed by atoms with van der Waals surface area (Å²) in [5.74, 6) is -1.02. The van der Waals surface area contributed by atoms with E-state index in [1.54, 1.807) is 18.2 Å². The highest BCUT2D eigenvalue weighted by molar-refractivity contribution is 7.10. The van der Waals surface area contributed by atoms with Crippen molar-refractivity contribution >= 4 is 22.9 Å². The van der Waals surface area contributed by atoms with Crippen molar-refractivity contribution in [3.8, 4) is 6.07 Å². The molecule has 0 aliphatic heterocycles. The Bertz CT molecular complexity index is 1150. The molecule has 0 unspecified atom stereocenters. The second-order valence-corrected chi connectivity index (χ2v) is 6.96. The first kappa shape index (κ1) is 19.9. The molecule has 0 spiro atoms. The molecule has 3 aromatic rings. The molecule has 0 saturated heterocycles. The molecule has 0 aliphatic rings. The van der Waals surface area contributed by atoms with Gasteiger partial charge in [0.1, 0.15) is 24.0 Å². The summed E-state index contributed by atoms with van der Waals surface area (Å²) < 4.78 is 14.1. The first-order valence-corrected chi connectivity index (χ1v) is 9.14. The molecule has 1 N–H and O–H groups in total. The van der Waals surface area contributed by atoms with Crippen molar-refractivity contribution in [2.75, 3.05) is 0 Å². The van der Waals surface area contributed by atoms with Gasteiger partial charge < -0.3 is 5.32 Å². The van der Waals surface area contributed by atoms with Gasteiger partial charge in [-0.1, -0.05) is 18.2 Å². The van der Waals surface area contributed by atoms with Crippen LogP contribution in [0, 0.1) is 27.3 Å². The van der Waals surface area contributed by atoms with Crippen LogP contribution >= 0.6 is 11.3 Å². The molecule has 146 valence electrons. The number of amides is 1. The molecule has 0 bridgehead atoms. The molecule has 0 aliphatic carbocycles. The highest BCUT2D eigenvalue weighted by atomic mass is 32.1. The number of benzene rings is 1. The maximum atomic E-state index is 13.3. The van der Waals surface area contributed by atoms with E-state index in [4.69, 9.17) is 5.26 Å². The smallest absolute Gasteiger partial charge is 0.287 e. The average molecular weight is 412 g/mol. The molecule has 2 heterocycles. The number of carbonyl (C=O) groups is 1. The molecule has 2 aromatic heterocycles. The molecule has 3 rings (SSSR count). The van der Waals surface area contributed by atoms with Crippen molar-refractivity contribution in [3.63, 3.8) is 0 Å². The summed E-state index contributed by atoms with van der Waals surface area (Å²) in [7, 11) is 0. The van der Waals surface area contributed by atoms with Gasteiger partial charge >= 0.3 is 0 Å². The Morgan fingerprint density at radius 3 is 2.66 bits per heavy atom. The minimum Gasteiger partial charge on any atom is -0.343 e. The lowest BCUT2D eigenvalue weighted by molar-refractivity contribution is -0.385. The van der Waals surface area contributed by atoms with E-state index < -0.39 is 46.0 Å². The Morgan fingerprint density at radius 2 is 2.07 bits per heavy atom. The number of hydrogen-bond donors (Lipinski definition) is 1. The SMILES string of the molecule is N#Cc1cc([N+](=O)[O-])cn(CC(=O)N[C@H](c2ccc(F)cc2)c2cccs2)c1=O.